The smallest absolute Gasteiger partial charge is 0.224 e. The topological polar surface area (TPSA) is 75.4 Å². The van der Waals surface area contributed by atoms with E-state index in [0.29, 0.717) is 30.1 Å². The molecule has 1 aromatic carbocycles. The second kappa shape index (κ2) is 7.92. The van der Waals surface area contributed by atoms with Gasteiger partial charge in [-0.05, 0) is 43.5 Å². The minimum Gasteiger partial charge on any atom is -0.356 e. The van der Waals surface area contributed by atoms with E-state index in [1.807, 2.05) is 19.1 Å². The minimum atomic E-state index is -0.366. The summed E-state index contributed by atoms with van der Waals surface area (Å²) in [5.41, 5.74) is 0.909. The van der Waals surface area contributed by atoms with Gasteiger partial charge in [0.15, 0.2) is 11.5 Å². The highest BCUT2D eigenvalue weighted by Crippen LogP contribution is 2.25. The number of nitrogens with zero attached hydrogens (tertiary/aromatic N) is 5. The molecule has 1 unspecified atom stereocenters. The molecule has 1 aliphatic rings. The standard InChI is InChI=1S/C20H23FN6O/c1-2-11-22-20(28)14-6-5-12-26(13-14)18-10-9-17-23-24-19(27(17)25-18)15-7-3-4-8-16(15)21/h3-4,7-10,14H,2,5-6,11-13H2,1H3,(H,22,28). The second-order valence-corrected chi connectivity index (χ2v) is 7.04. The van der Waals surface area contributed by atoms with Gasteiger partial charge in [0.2, 0.25) is 5.91 Å². The summed E-state index contributed by atoms with van der Waals surface area (Å²) >= 11 is 0. The zero-order valence-electron chi connectivity index (χ0n) is 15.8. The van der Waals surface area contributed by atoms with Gasteiger partial charge >= 0.3 is 0 Å². The third kappa shape index (κ3) is 3.54. The van der Waals surface area contributed by atoms with Crippen LogP contribution in [0.25, 0.3) is 17.0 Å². The molecule has 1 fully saturated rings. The second-order valence-electron chi connectivity index (χ2n) is 7.04. The van der Waals surface area contributed by atoms with Gasteiger partial charge in [0.25, 0.3) is 0 Å². The summed E-state index contributed by atoms with van der Waals surface area (Å²) in [7, 11) is 0. The average Bonchev–Trinajstić information content (AvgIpc) is 3.15. The van der Waals surface area contributed by atoms with Gasteiger partial charge in [-0.1, -0.05) is 19.1 Å². The summed E-state index contributed by atoms with van der Waals surface area (Å²) in [6, 6.07) is 10.1. The Morgan fingerprint density at radius 1 is 1.25 bits per heavy atom. The zero-order valence-corrected chi connectivity index (χ0v) is 15.8. The van der Waals surface area contributed by atoms with Gasteiger partial charge in [-0.3, -0.25) is 4.79 Å². The number of fused-ring (bicyclic) bond motifs is 1. The summed E-state index contributed by atoms with van der Waals surface area (Å²) in [5, 5.41) is 15.9. The van der Waals surface area contributed by atoms with E-state index in [1.165, 1.54) is 6.07 Å². The minimum absolute atomic E-state index is 0.0512. The van der Waals surface area contributed by atoms with Crippen LogP contribution >= 0.6 is 0 Å². The van der Waals surface area contributed by atoms with E-state index in [1.54, 1.807) is 22.7 Å². The van der Waals surface area contributed by atoms with E-state index < -0.39 is 0 Å². The first kappa shape index (κ1) is 18.3. The van der Waals surface area contributed by atoms with E-state index in [0.717, 1.165) is 31.6 Å². The quantitative estimate of drug-likeness (QED) is 0.734. The molecular weight excluding hydrogens is 359 g/mol. The largest absolute Gasteiger partial charge is 0.356 e. The van der Waals surface area contributed by atoms with Crippen molar-refractivity contribution in [3.63, 3.8) is 0 Å². The third-order valence-corrected chi connectivity index (χ3v) is 5.03. The van der Waals surface area contributed by atoms with Crippen molar-refractivity contribution in [2.24, 2.45) is 5.92 Å². The molecular formula is C20H23FN6O. The summed E-state index contributed by atoms with van der Waals surface area (Å²) < 4.78 is 15.8. The number of rotatable bonds is 5. The van der Waals surface area contributed by atoms with Crippen LogP contribution in [-0.2, 0) is 4.79 Å². The maximum atomic E-state index is 14.2. The normalized spacial score (nSPS) is 17.1. The van der Waals surface area contributed by atoms with E-state index in [2.05, 4.69) is 25.5 Å². The van der Waals surface area contributed by atoms with Crippen molar-refractivity contribution in [3.05, 3.63) is 42.2 Å². The number of carbonyl (C=O) groups excluding carboxylic acids is 1. The predicted molar refractivity (Wildman–Crippen MR) is 104 cm³/mol. The molecule has 3 aromatic rings. The Labute approximate surface area is 162 Å². The Bertz CT molecular complexity index is 988. The van der Waals surface area contributed by atoms with E-state index in [4.69, 9.17) is 0 Å². The lowest BCUT2D eigenvalue weighted by molar-refractivity contribution is -0.125. The number of anilines is 1. The molecule has 7 nitrogen and oxygen atoms in total. The lowest BCUT2D eigenvalue weighted by atomic mass is 9.97. The molecule has 1 atom stereocenters. The Morgan fingerprint density at radius 3 is 2.93 bits per heavy atom. The number of nitrogens with one attached hydrogen (secondary N) is 1. The van der Waals surface area contributed by atoms with Gasteiger partial charge in [0.1, 0.15) is 11.6 Å². The van der Waals surface area contributed by atoms with Crippen molar-refractivity contribution < 1.29 is 9.18 Å². The molecule has 146 valence electrons. The highest BCUT2D eigenvalue weighted by Gasteiger charge is 2.26. The van der Waals surface area contributed by atoms with Crippen molar-refractivity contribution in [2.45, 2.75) is 26.2 Å². The average molecular weight is 382 g/mol. The van der Waals surface area contributed by atoms with Crippen molar-refractivity contribution in [1.29, 1.82) is 0 Å². The fourth-order valence-corrected chi connectivity index (χ4v) is 3.55. The fourth-order valence-electron chi connectivity index (χ4n) is 3.55. The Balaban J connectivity index is 1.62. The van der Waals surface area contributed by atoms with Crippen molar-refractivity contribution >= 4 is 17.4 Å². The van der Waals surface area contributed by atoms with E-state index >= 15 is 0 Å². The van der Waals surface area contributed by atoms with Crippen LogP contribution in [0.3, 0.4) is 0 Å². The van der Waals surface area contributed by atoms with E-state index in [-0.39, 0.29) is 17.6 Å². The fraction of sp³-hybridized carbons (Fsp3) is 0.400. The number of benzene rings is 1. The van der Waals surface area contributed by atoms with Crippen LogP contribution in [0.2, 0.25) is 0 Å². The number of halogens is 1. The third-order valence-electron chi connectivity index (χ3n) is 5.03. The van der Waals surface area contributed by atoms with Gasteiger partial charge in [-0.2, -0.15) is 4.52 Å². The van der Waals surface area contributed by atoms with Gasteiger partial charge in [-0.15, -0.1) is 15.3 Å². The molecule has 0 saturated carbocycles. The van der Waals surface area contributed by atoms with Gasteiger partial charge in [-0.25, -0.2) is 4.39 Å². The van der Waals surface area contributed by atoms with Crippen LogP contribution in [0.1, 0.15) is 26.2 Å². The van der Waals surface area contributed by atoms with Crippen LogP contribution in [0, 0.1) is 11.7 Å². The molecule has 0 spiro atoms. The molecule has 0 radical (unpaired) electrons. The molecule has 0 bridgehead atoms. The van der Waals surface area contributed by atoms with Crippen LogP contribution < -0.4 is 10.2 Å². The molecule has 1 saturated heterocycles. The van der Waals surface area contributed by atoms with Crippen LogP contribution in [0.5, 0.6) is 0 Å². The molecule has 1 amide bonds. The molecule has 0 aliphatic carbocycles. The summed E-state index contributed by atoms with van der Waals surface area (Å²) in [6.07, 6.45) is 2.72. The maximum absolute atomic E-state index is 14.2. The summed E-state index contributed by atoms with van der Waals surface area (Å²) in [4.78, 5) is 14.5. The van der Waals surface area contributed by atoms with Crippen LogP contribution in [0.15, 0.2) is 36.4 Å². The first-order chi connectivity index (χ1) is 13.7. The first-order valence-corrected chi connectivity index (χ1v) is 9.67. The number of hydrogen-bond acceptors (Lipinski definition) is 5. The van der Waals surface area contributed by atoms with E-state index in [9.17, 15) is 9.18 Å². The molecule has 8 heteroatoms. The highest BCUT2D eigenvalue weighted by atomic mass is 19.1. The number of hydrogen-bond donors (Lipinski definition) is 1. The number of amides is 1. The van der Waals surface area contributed by atoms with Gasteiger partial charge < -0.3 is 10.2 Å². The molecule has 1 aliphatic heterocycles. The summed E-state index contributed by atoms with van der Waals surface area (Å²) in [6.45, 7) is 4.18. The lowest BCUT2D eigenvalue weighted by Crippen LogP contribution is -2.43. The SMILES string of the molecule is CCCNC(=O)C1CCCN(c2ccc3nnc(-c4ccccc4F)n3n2)C1. The Hall–Kier alpha value is -3.03. The Morgan fingerprint density at radius 2 is 2.11 bits per heavy atom. The molecule has 4 rings (SSSR count). The monoisotopic (exact) mass is 382 g/mol. The lowest BCUT2D eigenvalue weighted by Gasteiger charge is -2.32. The highest BCUT2D eigenvalue weighted by molar-refractivity contribution is 5.79. The molecule has 2 aromatic heterocycles. The van der Waals surface area contributed by atoms with Crippen molar-refractivity contribution in [2.75, 3.05) is 24.5 Å². The summed E-state index contributed by atoms with van der Waals surface area (Å²) in [5.74, 6) is 0.783. The molecule has 3 heterocycles. The number of aromatic nitrogens is 4. The Kier molecular flexibility index (Phi) is 5.18. The van der Waals surface area contributed by atoms with Gasteiger partial charge in [0, 0.05) is 19.6 Å². The predicted octanol–water partition coefficient (Wildman–Crippen LogP) is 2.67. The van der Waals surface area contributed by atoms with Crippen LogP contribution in [-0.4, -0.2) is 45.4 Å². The first-order valence-electron chi connectivity index (χ1n) is 9.67. The number of piperidine rings is 1. The van der Waals surface area contributed by atoms with Crippen LogP contribution in [0.4, 0.5) is 10.2 Å². The zero-order chi connectivity index (χ0) is 19.5. The van der Waals surface area contributed by atoms with Gasteiger partial charge in [0.05, 0.1) is 11.5 Å². The molecule has 28 heavy (non-hydrogen) atoms. The number of carbonyl (C=O) groups is 1. The maximum Gasteiger partial charge on any atom is 0.224 e. The van der Waals surface area contributed by atoms with Crippen molar-refractivity contribution in [1.82, 2.24) is 25.1 Å². The molecule has 1 N–H and O–H groups in total. The van der Waals surface area contributed by atoms with Crippen molar-refractivity contribution in [3.8, 4) is 11.4 Å².